The van der Waals surface area contributed by atoms with Gasteiger partial charge in [-0.1, -0.05) is 206 Å². The van der Waals surface area contributed by atoms with Crippen molar-refractivity contribution in [1.82, 2.24) is 0 Å². The number of hydrogen-bond donors (Lipinski definition) is 4. The maximum absolute atomic E-state index is 12.7. The standard InChI is InChI=1S/C23H27NO.C23H26O2.2C16H20O2.C15H19Br.C12H18O3Si.C4H9.CO2.CH4.Li/c1-15(2)19-12-13-23(4,5)21-11-8-17(14-20(19)21)22(25)24-18-9-6-16(3)7-10-18;1-15(2)19-12-13-23(4,5)21-11-8-17(14-20(19)21)22(24)25-18-9-6-16(3)7-10-18;2*1-10(2)12-7-8-16(3,4)14-6-5-11(15(17)18)9-13(12)14;1-10(2)12-7-8-15(3,4)14-6-5-11(16)9-13(12)14;1-16(2,3)9-8-15-12(14)10-4-6-11(13)7-5-10;1-4(2)3;2-1-3;;/h6-11,14H,12-13H2,1-5H3,(H,24,25);6-11,14H,12-13H2,1-5H3;2*5-6,9H,7-8H2,1-4H3,(H,17,18);5-6,9H,7-8H2,1-4H3;4-7,13H,8-9H2,1-3H3;1-3H3;;1H4;/q;;;;;;-1;;;+1. The molecule has 5 aliphatic rings. The average Bonchev–Trinajstić information content (AvgIpc) is 0.785. The normalized spacial score (nSPS) is 15.0. The number of phenols is 1. The average molecular weight is 1800 g/mol. The maximum atomic E-state index is 12.7. The van der Waals surface area contributed by atoms with E-state index in [0.29, 0.717) is 40.0 Å². The number of aromatic hydroxyl groups is 1. The van der Waals surface area contributed by atoms with E-state index in [1.807, 2.05) is 105 Å². The Balaban J connectivity index is 0.000000316. The Labute approximate surface area is 782 Å². The molecule has 13 rings (SSSR count). The smallest absolute Gasteiger partial charge is 0.508 e. The number of carbonyl (C=O) groups is 5. The maximum Gasteiger partial charge on any atom is 1.00 e. The molecule has 5 aliphatic carbocycles. The Kier molecular flexibility index (Phi) is 41.0. The van der Waals surface area contributed by atoms with E-state index in [2.05, 4.69) is 237 Å². The Morgan fingerprint density at radius 2 is 0.693 bits per heavy atom. The number of carboxylic acid groups (broad SMARTS) is 2. The molecule has 676 valence electrons. The summed E-state index contributed by atoms with van der Waals surface area (Å²) in [5, 5.41) is 30.3. The van der Waals surface area contributed by atoms with Gasteiger partial charge >= 0.3 is 48.9 Å². The van der Waals surface area contributed by atoms with E-state index < -0.39 is 20.0 Å². The van der Waals surface area contributed by atoms with Crippen molar-refractivity contribution in [3.8, 4) is 11.5 Å². The summed E-state index contributed by atoms with van der Waals surface area (Å²) in [6, 6.07) is 52.5. The van der Waals surface area contributed by atoms with Crippen LogP contribution in [0.1, 0.15) is 349 Å². The Bertz CT molecular complexity index is 5130. The van der Waals surface area contributed by atoms with Gasteiger partial charge in [0.1, 0.15) is 11.5 Å². The summed E-state index contributed by atoms with van der Waals surface area (Å²) in [4.78, 5) is 75.3. The molecule has 13 nitrogen and oxygen atoms in total. The van der Waals surface area contributed by atoms with Gasteiger partial charge in [-0.05, 0) is 373 Å². The van der Waals surface area contributed by atoms with Gasteiger partial charge in [0.15, 0.2) is 0 Å². The molecule has 4 N–H and O–H groups in total. The topological polar surface area (TPSA) is 211 Å². The number of rotatable bonds is 10. The third kappa shape index (κ3) is 31.3. The van der Waals surface area contributed by atoms with E-state index in [-0.39, 0.29) is 77.7 Å². The van der Waals surface area contributed by atoms with E-state index in [4.69, 9.17) is 34.4 Å². The van der Waals surface area contributed by atoms with Crippen LogP contribution in [0, 0.1) is 19.8 Å². The van der Waals surface area contributed by atoms with Crippen LogP contribution in [0.15, 0.2) is 196 Å². The van der Waals surface area contributed by atoms with Crippen LogP contribution in [0.5, 0.6) is 11.5 Å². The largest absolute Gasteiger partial charge is 1.00 e. The minimum atomic E-state index is -1.15. The van der Waals surface area contributed by atoms with Crippen molar-refractivity contribution in [2.24, 2.45) is 0 Å². The number of ether oxygens (including phenoxy) is 2. The van der Waals surface area contributed by atoms with Gasteiger partial charge in [-0.15, -0.1) is 0 Å². The van der Waals surface area contributed by atoms with Crippen LogP contribution in [0.2, 0.25) is 25.7 Å². The fraction of sp³-hybridized carbons (Fsp3) is 0.414. The van der Waals surface area contributed by atoms with Crippen molar-refractivity contribution in [1.29, 1.82) is 0 Å². The predicted octanol–water partition coefficient (Wildman–Crippen LogP) is 27.6. The molecule has 0 saturated heterocycles. The second-order valence-electron chi connectivity index (χ2n) is 39.8. The van der Waals surface area contributed by atoms with Crippen molar-refractivity contribution < 1.29 is 77.2 Å². The summed E-state index contributed by atoms with van der Waals surface area (Å²) in [6.07, 6.45) is 11.4. The Morgan fingerprint density at radius 3 is 1.01 bits per heavy atom. The van der Waals surface area contributed by atoms with Crippen LogP contribution < -0.4 is 28.9 Å². The first-order valence-electron chi connectivity index (χ1n) is 43.7. The Morgan fingerprint density at radius 1 is 0.417 bits per heavy atom. The number of amides is 1. The SMILES string of the molecule is C.CC(C)=C1CCC(C)(C)c2ccc(Br)cc21.CC(C)=C1CCC(C)(C)c2ccc(C(=O)Nc3ccc(C)cc3)cc21.CC(C)=C1CCC(C)(C)c2ccc(C(=O)O)cc21.CC(C)=C1CCC(C)(C)c2ccc(C(=O)O)cc21.CC(C)=C1CCC(C)(C)c2ccc(C(=O)Oc3ccc(C)cc3)cc21.C[C-](C)C.C[Si](C)(C)CCOC(=O)c1ccc(O)cc1.O=C=O.[Li+]. The van der Waals surface area contributed by atoms with Gasteiger partial charge in [-0.3, -0.25) is 4.79 Å². The first-order chi connectivity index (χ1) is 58.1. The molecule has 0 unspecified atom stereocenters. The van der Waals surface area contributed by atoms with E-state index >= 15 is 0 Å². The summed E-state index contributed by atoms with van der Waals surface area (Å²) in [5.74, 6) is -0.233. The van der Waals surface area contributed by atoms with E-state index in [9.17, 15) is 24.0 Å². The fourth-order valence-electron chi connectivity index (χ4n) is 16.3. The second-order valence-corrected chi connectivity index (χ2v) is 46.3. The molecule has 8 aromatic rings. The minimum Gasteiger partial charge on any atom is -0.508 e. The van der Waals surface area contributed by atoms with Gasteiger partial charge in [0.05, 0.1) is 28.9 Å². The molecule has 0 spiro atoms. The number of nitrogens with one attached hydrogen (secondary N) is 1. The van der Waals surface area contributed by atoms with E-state index in [1.165, 1.54) is 141 Å². The zero-order valence-corrected chi connectivity index (χ0v) is 83.6. The number of anilines is 1. The van der Waals surface area contributed by atoms with Crippen LogP contribution >= 0.6 is 15.9 Å². The molecular formula is C111H143BrLiNO12Si. The summed E-state index contributed by atoms with van der Waals surface area (Å²) >= 11 is 3.58. The van der Waals surface area contributed by atoms with Gasteiger partial charge in [0.2, 0.25) is 0 Å². The number of carbonyl (C=O) groups excluding carboxylic acids is 5. The van der Waals surface area contributed by atoms with Gasteiger partial charge in [-0.2, -0.15) is 30.4 Å². The zero-order valence-electron chi connectivity index (χ0n) is 81.0. The number of allylic oxidation sites excluding steroid dienone is 10. The van der Waals surface area contributed by atoms with Crippen molar-refractivity contribution in [3.63, 3.8) is 0 Å². The summed E-state index contributed by atoms with van der Waals surface area (Å²) in [7, 11) is -1.15. The van der Waals surface area contributed by atoms with Gasteiger partial charge in [0.25, 0.3) is 5.91 Å². The first-order valence-corrected chi connectivity index (χ1v) is 48.2. The second kappa shape index (κ2) is 47.5. The molecule has 0 fully saturated rings. The number of benzene rings is 8. The number of carboxylic acids is 2. The molecule has 0 heterocycles. The Hall–Kier alpha value is -9.72. The van der Waals surface area contributed by atoms with E-state index in [0.717, 1.165) is 85.4 Å². The van der Waals surface area contributed by atoms with Crippen LogP contribution in [-0.4, -0.2) is 65.9 Å². The van der Waals surface area contributed by atoms with Gasteiger partial charge in [0, 0.05) is 23.8 Å². The molecule has 127 heavy (non-hydrogen) atoms. The fourth-order valence-corrected chi connectivity index (χ4v) is 17.4. The van der Waals surface area contributed by atoms with Crippen molar-refractivity contribution >= 4 is 93.5 Å². The number of aryl methyl sites for hydroxylation is 2. The third-order valence-corrected chi connectivity index (χ3v) is 26.3. The molecule has 0 aromatic heterocycles. The quantitative estimate of drug-likeness (QED) is 0.0436. The van der Waals surface area contributed by atoms with Crippen LogP contribution in [0.25, 0.3) is 27.9 Å². The number of phenolic OH excluding ortho intramolecular Hbond substituents is 1. The molecule has 1 amide bonds. The summed E-state index contributed by atoms with van der Waals surface area (Å²) < 4.78 is 11.9. The third-order valence-electron chi connectivity index (χ3n) is 24.1. The van der Waals surface area contributed by atoms with Crippen molar-refractivity contribution in [2.45, 2.75) is 297 Å². The first kappa shape index (κ1) is 110. The van der Waals surface area contributed by atoms with Crippen LogP contribution in [0.4, 0.5) is 5.69 Å². The van der Waals surface area contributed by atoms with Gasteiger partial charge in [-0.25, -0.2) is 19.2 Å². The van der Waals surface area contributed by atoms with Crippen molar-refractivity contribution in [2.75, 3.05) is 11.9 Å². The monoisotopic (exact) mass is 1800 g/mol. The zero-order chi connectivity index (χ0) is 93.8. The summed E-state index contributed by atoms with van der Waals surface area (Å²) in [5.41, 5.74) is 33.1. The molecule has 0 aliphatic heterocycles. The minimum absolute atomic E-state index is 0. The number of aromatic carboxylic acids is 2. The molecule has 0 radical (unpaired) electrons. The molecule has 0 bridgehead atoms. The number of halogens is 1. The predicted molar refractivity (Wildman–Crippen MR) is 530 cm³/mol. The molecule has 0 atom stereocenters. The number of fused-ring (bicyclic) bond motifs is 5. The molecule has 8 aromatic carbocycles. The van der Waals surface area contributed by atoms with Crippen molar-refractivity contribution in [3.05, 3.63) is 297 Å². The van der Waals surface area contributed by atoms with E-state index in [1.54, 1.807) is 24.3 Å². The molecule has 0 saturated carbocycles. The van der Waals surface area contributed by atoms with Crippen LogP contribution in [0.3, 0.4) is 0 Å². The number of hydrogen-bond acceptors (Lipinski definition) is 10. The summed E-state index contributed by atoms with van der Waals surface area (Å²) in [6.45, 7) is 61.7. The molecular weight excluding hydrogens is 1650 g/mol. The van der Waals surface area contributed by atoms with Gasteiger partial charge < -0.3 is 36.0 Å². The van der Waals surface area contributed by atoms with Crippen LogP contribution in [-0.2, 0) is 41.4 Å². The molecule has 16 heteroatoms. The number of esters is 2.